The van der Waals surface area contributed by atoms with Gasteiger partial charge < -0.3 is 14.4 Å². The molecule has 9 nitrogen and oxygen atoms in total. The van der Waals surface area contributed by atoms with Gasteiger partial charge in [0.1, 0.15) is 12.2 Å². The predicted molar refractivity (Wildman–Crippen MR) is 55.1 cm³/mol. The molecule has 0 saturated carbocycles. The van der Waals surface area contributed by atoms with Crippen LogP contribution >= 0.6 is 0 Å². The Morgan fingerprint density at radius 1 is 0.941 bits per heavy atom. The molecule has 0 aliphatic rings. The first kappa shape index (κ1) is 15.4. The first-order valence-electron chi connectivity index (χ1n) is 5.19. The highest BCUT2D eigenvalue weighted by Gasteiger charge is 2.15. The average Bonchev–Trinajstić information content (AvgIpc) is 2.25. The van der Waals surface area contributed by atoms with E-state index in [2.05, 4.69) is 9.68 Å². The predicted octanol–water partition coefficient (Wildman–Crippen LogP) is 0.977. The number of ether oxygens (including phenoxy) is 1. The highest BCUT2D eigenvalue weighted by atomic mass is 17.0. The normalized spacial score (nSPS) is 13.8. The van der Waals surface area contributed by atoms with Gasteiger partial charge in [-0.25, -0.2) is 0 Å². The van der Waals surface area contributed by atoms with E-state index in [1.54, 1.807) is 13.8 Å². The minimum absolute atomic E-state index is 0.00491. The average molecular weight is 252 g/mol. The van der Waals surface area contributed by atoms with Gasteiger partial charge in [0, 0.05) is 0 Å². The third-order valence-corrected chi connectivity index (χ3v) is 1.99. The molecule has 0 aromatic rings. The summed E-state index contributed by atoms with van der Waals surface area (Å²) in [6.07, 6.45) is -0.516. The van der Waals surface area contributed by atoms with Crippen LogP contribution in [0.2, 0.25) is 0 Å². The van der Waals surface area contributed by atoms with Gasteiger partial charge >= 0.3 is 0 Å². The van der Waals surface area contributed by atoms with Gasteiger partial charge in [-0.15, -0.1) is 20.2 Å². The first-order valence-corrected chi connectivity index (χ1v) is 5.19. The molecule has 0 aromatic heterocycles. The molecule has 9 heteroatoms. The van der Waals surface area contributed by atoms with Gasteiger partial charge in [0.2, 0.25) is 0 Å². The summed E-state index contributed by atoms with van der Waals surface area (Å²) in [6.45, 7) is 3.41. The van der Waals surface area contributed by atoms with Gasteiger partial charge in [0.15, 0.2) is 0 Å². The summed E-state index contributed by atoms with van der Waals surface area (Å²) in [5, 5.41) is 18.4. The van der Waals surface area contributed by atoms with E-state index in [1.807, 2.05) is 0 Å². The first-order chi connectivity index (χ1) is 7.99. The zero-order valence-electron chi connectivity index (χ0n) is 9.74. The summed E-state index contributed by atoms with van der Waals surface area (Å²) >= 11 is 0. The second-order valence-corrected chi connectivity index (χ2v) is 3.26. The summed E-state index contributed by atoms with van der Waals surface area (Å²) in [6, 6.07) is 0. The molecule has 100 valence electrons. The largest absolute Gasteiger partial charge is 0.377 e. The standard InChI is InChI=1S/C8H16N2O7/c1-3-7(16-9(11)12)5-15-6-8(4-2)17-10(13)14/h7-8H,3-6H2,1-2H3. The van der Waals surface area contributed by atoms with Crippen LogP contribution < -0.4 is 0 Å². The molecule has 0 saturated heterocycles. The van der Waals surface area contributed by atoms with Crippen LogP contribution in [0, 0.1) is 20.2 Å². The topological polar surface area (TPSA) is 114 Å². The molecule has 0 amide bonds. The summed E-state index contributed by atoms with van der Waals surface area (Å²) < 4.78 is 5.08. The fourth-order valence-electron chi connectivity index (χ4n) is 1.02. The lowest BCUT2D eigenvalue weighted by molar-refractivity contribution is -0.771. The Bertz CT molecular complexity index is 224. The molecular weight excluding hydrogens is 236 g/mol. The smallest absolute Gasteiger partial charge is 0.294 e. The quantitative estimate of drug-likeness (QED) is 0.420. The van der Waals surface area contributed by atoms with E-state index in [0.717, 1.165) is 0 Å². The molecule has 0 aromatic carbocycles. The Morgan fingerprint density at radius 3 is 1.53 bits per heavy atom. The number of nitrogens with zero attached hydrogens (tertiary/aromatic N) is 2. The Hall–Kier alpha value is -1.64. The van der Waals surface area contributed by atoms with Crippen LogP contribution in [0.5, 0.6) is 0 Å². The maximum absolute atomic E-state index is 10.1. The molecule has 0 fully saturated rings. The van der Waals surface area contributed by atoms with Crippen molar-refractivity contribution in [2.75, 3.05) is 13.2 Å². The summed E-state index contributed by atoms with van der Waals surface area (Å²) in [4.78, 5) is 28.8. The van der Waals surface area contributed by atoms with Gasteiger partial charge in [-0.1, -0.05) is 13.8 Å². The molecular formula is C8H16N2O7. The Labute approximate surface area is 97.8 Å². The van der Waals surface area contributed by atoms with Gasteiger partial charge in [-0.3, -0.25) is 0 Å². The Morgan fingerprint density at radius 2 is 1.29 bits per heavy atom. The van der Waals surface area contributed by atoms with E-state index in [0.29, 0.717) is 12.8 Å². The van der Waals surface area contributed by atoms with Crippen LogP contribution in [0.4, 0.5) is 0 Å². The van der Waals surface area contributed by atoms with Crippen molar-refractivity contribution in [3.63, 3.8) is 0 Å². The molecule has 0 bridgehead atoms. The monoisotopic (exact) mass is 252 g/mol. The molecule has 2 atom stereocenters. The maximum Gasteiger partial charge on any atom is 0.294 e. The molecule has 17 heavy (non-hydrogen) atoms. The zero-order valence-corrected chi connectivity index (χ0v) is 9.74. The third kappa shape index (κ3) is 8.20. The van der Waals surface area contributed by atoms with Crippen molar-refractivity contribution in [2.45, 2.75) is 38.9 Å². The van der Waals surface area contributed by atoms with E-state index in [-0.39, 0.29) is 13.2 Å². The molecule has 0 radical (unpaired) electrons. The fourth-order valence-corrected chi connectivity index (χ4v) is 1.02. The lowest BCUT2D eigenvalue weighted by Gasteiger charge is -2.16. The van der Waals surface area contributed by atoms with Gasteiger partial charge in [0.05, 0.1) is 13.2 Å². The SMILES string of the molecule is CCC(COCC(CC)O[N+](=O)[O-])O[N+](=O)[O-]. The van der Waals surface area contributed by atoms with Crippen LogP contribution in [0.1, 0.15) is 26.7 Å². The van der Waals surface area contributed by atoms with Crippen molar-refractivity contribution >= 4 is 0 Å². The lowest BCUT2D eigenvalue weighted by atomic mass is 10.3. The molecule has 2 unspecified atom stereocenters. The van der Waals surface area contributed by atoms with Crippen molar-refractivity contribution in [1.29, 1.82) is 0 Å². The van der Waals surface area contributed by atoms with Crippen molar-refractivity contribution in [1.82, 2.24) is 0 Å². The zero-order chi connectivity index (χ0) is 13.3. The Balaban J connectivity index is 3.84. The maximum atomic E-state index is 10.1. The highest BCUT2D eigenvalue weighted by Crippen LogP contribution is 2.03. The fraction of sp³-hybridized carbons (Fsp3) is 1.00. The van der Waals surface area contributed by atoms with Crippen molar-refractivity contribution < 1.29 is 24.6 Å². The van der Waals surface area contributed by atoms with Crippen molar-refractivity contribution in [2.24, 2.45) is 0 Å². The van der Waals surface area contributed by atoms with E-state index in [4.69, 9.17) is 4.74 Å². The highest BCUT2D eigenvalue weighted by molar-refractivity contribution is 4.54. The van der Waals surface area contributed by atoms with Crippen LogP contribution in [0.3, 0.4) is 0 Å². The second-order valence-electron chi connectivity index (χ2n) is 3.26. The number of hydrogen-bond donors (Lipinski definition) is 0. The molecule has 0 heterocycles. The molecule has 0 spiro atoms. The van der Waals surface area contributed by atoms with Crippen LogP contribution in [-0.4, -0.2) is 35.6 Å². The van der Waals surface area contributed by atoms with Gasteiger partial charge in [-0.05, 0) is 12.8 Å². The van der Waals surface area contributed by atoms with Crippen molar-refractivity contribution in [3.05, 3.63) is 20.2 Å². The van der Waals surface area contributed by atoms with Gasteiger partial charge in [0.25, 0.3) is 10.2 Å². The van der Waals surface area contributed by atoms with Crippen molar-refractivity contribution in [3.8, 4) is 0 Å². The molecule has 0 aliphatic carbocycles. The van der Waals surface area contributed by atoms with E-state index in [1.165, 1.54) is 0 Å². The minimum Gasteiger partial charge on any atom is -0.377 e. The van der Waals surface area contributed by atoms with Crippen LogP contribution in [0.25, 0.3) is 0 Å². The van der Waals surface area contributed by atoms with E-state index in [9.17, 15) is 20.2 Å². The molecule has 0 rings (SSSR count). The minimum atomic E-state index is -0.887. The second kappa shape index (κ2) is 8.50. The van der Waals surface area contributed by atoms with E-state index >= 15 is 0 Å². The number of hydrogen-bond acceptors (Lipinski definition) is 7. The summed E-state index contributed by atoms with van der Waals surface area (Å²) in [5.41, 5.74) is 0. The molecule has 0 N–H and O–H groups in total. The Kier molecular flexibility index (Phi) is 7.68. The lowest BCUT2D eigenvalue weighted by Crippen LogP contribution is -2.27. The summed E-state index contributed by atoms with van der Waals surface area (Å²) in [7, 11) is 0. The van der Waals surface area contributed by atoms with Crippen LogP contribution in [0.15, 0.2) is 0 Å². The van der Waals surface area contributed by atoms with Gasteiger partial charge in [-0.2, -0.15) is 0 Å². The number of rotatable bonds is 10. The molecule has 0 aliphatic heterocycles. The van der Waals surface area contributed by atoms with E-state index < -0.39 is 22.4 Å². The summed E-state index contributed by atoms with van der Waals surface area (Å²) in [5.74, 6) is 0. The third-order valence-electron chi connectivity index (χ3n) is 1.99. The van der Waals surface area contributed by atoms with Crippen LogP contribution in [-0.2, 0) is 14.4 Å².